The molecule has 0 bridgehead atoms. The first kappa shape index (κ1) is 69.4. The fraction of sp³-hybridized carbons (Fsp3) is 0.778. The smallest absolute Gasteiger partial charge is 0.335 e. The van der Waals surface area contributed by atoms with Crippen LogP contribution in [0, 0.1) is 0 Å². The van der Waals surface area contributed by atoms with E-state index in [2.05, 4.69) is 81.5 Å². The number of aliphatic hydroxyl groups excluding tert-OH is 2. The lowest BCUT2D eigenvalue weighted by atomic mass is 9.98. The van der Waals surface area contributed by atoms with Crippen LogP contribution in [-0.4, -0.2) is 89.2 Å². The van der Waals surface area contributed by atoms with Gasteiger partial charge in [0.25, 0.3) is 0 Å². The summed E-state index contributed by atoms with van der Waals surface area (Å²) >= 11 is 0. The van der Waals surface area contributed by atoms with Crippen molar-refractivity contribution in [2.75, 3.05) is 13.2 Å². The molecular weight excluding hydrogens is 949 g/mol. The average Bonchev–Trinajstić information content (AvgIpc) is 3.39. The molecule has 432 valence electrons. The molecule has 0 radical (unpaired) electrons. The summed E-state index contributed by atoms with van der Waals surface area (Å²) in [7, 11) is 0. The molecule has 12 heteroatoms. The largest absolute Gasteiger partial charge is 0.479 e. The minimum Gasteiger partial charge on any atom is -0.479 e. The number of carbonyl (C=O) groups excluding carboxylic acids is 3. The molecule has 0 spiro atoms. The molecule has 3 N–H and O–H groups in total. The first-order chi connectivity index (χ1) is 36.6. The average molecular weight is 1060 g/mol. The van der Waals surface area contributed by atoms with Gasteiger partial charge in [0.15, 0.2) is 24.6 Å². The van der Waals surface area contributed by atoms with Gasteiger partial charge in [-0.25, -0.2) is 4.79 Å². The number of aliphatic carboxylic acids is 1. The van der Waals surface area contributed by atoms with Gasteiger partial charge in [-0.1, -0.05) is 223 Å². The molecule has 0 aromatic carbocycles. The zero-order valence-electron chi connectivity index (χ0n) is 47.5. The number of allylic oxidation sites excluding steroid dienone is 10. The lowest BCUT2D eigenvalue weighted by Gasteiger charge is -2.40. The van der Waals surface area contributed by atoms with Crippen LogP contribution in [0.3, 0.4) is 0 Å². The summed E-state index contributed by atoms with van der Waals surface area (Å²) in [6, 6.07) is 0. The Morgan fingerprint density at radius 1 is 0.453 bits per heavy atom. The fourth-order valence-electron chi connectivity index (χ4n) is 8.94. The van der Waals surface area contributed by atoms with Crippen LogP contribution in [0.25, 0.3) is 0 Å². The molecule has 0 amide bonds. The Hall–Kier alpha value is -3.58. The predicted octanol–water partition coefficient (Wildman–Crippen LogP) is 15.6. The lowest BCUT2D eigenvalue weighted by Crippen LogP contribution is -2.61. The van der Waals surface area contributed by atoms with E-state index < -0.39 is 67.3 Å². The molecule has 6 atom stereocenters. The van der Waals surface area contributed by atoms with Gasteiger partial charge in [-0.05, 0) is 83.5 Å². The SMILES string of the molecule is CC/C=C\C/C=C\C/C=C\CCCCCCCCCC(=O)OCC(COC1OC(C(=O)O)C(O)C(O)C1OC(=O)CCCCCCCCCCCCC)OC(=O)CCCCCCCCC/C=C\C/C=C\CCCCC. The summed E-state index contributed by atoms with van der Waals surface area (Å²) in [5.74, 6) is -3.13. The van der Waals surface area contributed by atoms with Gasteiger partial charge < -0.3 is 39.0 Å². The van der Waals surface area contributed by atoms with E-state index in [9.17, 15) is 34.5 Å². The molecular formula is C63H108O12. The first-order valence-electron chi connectivity index (χ1n) is 30.3. The molecule has 1 fully saturated rings. The maximum atomic E-state index is 13.2. The van der Waals surface area contributed by atoms with Crippen LogP contribution in [-0.2, 0) is 42.9 Å². The highest BCUT2D eigenvalue weighted by molar-refractivity contribution is 5.74. The van der Waals surface area contributed by atoms with Gasteiger partial charge in [0.2, 0.25) is 0 Å². The third kappa shape index (κ3) is 41.2. The highest BCUT2D eigenvalue weighted by atomic mass is 16.7. The Morgan fingerprint density at radius 3 is 1.31 bits per heavy atom. The molecule has 6 unspecified atom stereocenters. The van der Waals surface area contributed by atoms with Gasteiger partial charge in [-0.2, -0.15) is 0 Å². The topological polar surface area (TPSA) is 175 Å². The fourth-order valence-corrected chi connectivity index (χ4v) is 8.94. The molecule has 75 heavy (non-hydrogen) atoms. The van der Waals surface area contributed by atoms with Crippen LogP contribution < -0.4 is 0 Å². The second-order valence-corrected chi connectivity index (χ2v) is 20.6. The van der Waals surface area contributed by atoms with Crippen molar-refractivity contribution in [2.24, 2.45) is 0 Å². The van der Waals surface area contributed by atoms with Crippen molar-refractivity contribution in [2.45, 2.75) is 302 Å². The van der Waals surface area contributed by atoms with Crippen LogP contribution in [0.2, 0.25) is 0 Å². The van der Waals surface area contributed by atoms with E-state index in [-0.39, 0.29) is 25.9 Å². The maximum absolute atomic E-state index is 13.2. The van der Waals surface area contributed by atoms with Gasteiger partial charge in [0.1, 0.15) is 18.8 Å². The van der Waals surface area contributed by atoms with Crippen LogP contribution >= 0.6 is 0 Å². The molecule has 1 aliphatic rings. The zero-order valence-corrected chi connectivity index (χ0v) is 47.5. The summed E-state index contributed by atoms with van der Waals surface area (Å²) < 4.78 is 28.4. The van der Waals surface area contributed by atoms with E-state index in [0.717, 1.165) is 122 Å². The standard InChI is InChI=1S/C63H108O12/c1-4-7-10-13-16-19-22-24-26-28-30-32-35-37-40-43-46-49-55(64)71-52-54(73-56(65)50-47-44-41-39-36-33-31-29-27-25-23-20-17-14-11-8-5-2)53-72-63-61(59(68)58(67)60(75-63)62(69)70)74-57(66)51-48-45-42-38-34-21-18-15-12-9-6-3/h7,10,16-17,19-20,24-27,54,58-61,63,67-68H,4-6,8-9,11-15,18,21-23,28-53H2,1-3H3,(H,69,70)/b10-7-,19-16-,20-17-,26-24-,27-25-. The molecule has 12 nitrogen and oxygen atoms in total. The lowest BCUT2D eigenvalue weighted by molar-refractivity contribution is -0.301. The van der Waals surface area contributed by atoms with Gasteiger partial charge in [0.05, 0.1) is 6.61 Å². The number of hydrogen-bond donors (Lipinski definition) is 3. The molecule has 0 aromatic heterocycles. The summed E-state index contributed by atoms with van der Waals surface area (Å²) in [5.41, 5.74) is 0. The van der Waals surface area contributed by atoms with E-state index in [1.54, 1.807) is 0 Å². The number of aliphatic hydroxyl groups is 2. The molecule has 0 aromatic rings. The molecule has 1 rings (SSSR count). The quantitative estimate of drug-likeness (QED) is 0.0228. The van der Waals surface area contributed by atoms with E-state index in [1.807, 2.05) is 0 Å². The Bertz CT molecular complexity index is 1540. The number of unbranched alkanes of at least 4 members (excludes halogenated alkanes) is 27. The van der Waals surface area contributed by atoms with Gasteiger partial charge in [-0.3, -0.25) is 14.4 Å². The highest BCUT2D eigenvalue weighted by Crippen LogP contribution is 2.26. The van der Waals surface area contributed by atoms with Gasteiger partial charge in [0, 0.05) is 19.3 Å². The van der Waals surface area contributed by atoms with E-state index in [4.69, 9.17) is 23.7 Å². The minimum atomic E-state index is -1.90. The Labute approximate surface area is 456 Å². The molecule has 1 saturated heterocycles. The number of carboxylic acids is 1. The number of rotatable bonds is 51. The summed E-state index contributed by atoms with van der Waals surface area (Å²) in [6.45, 7) is 5.84. The molecule has 1 aliphatic heterocycles. The van der Waals surface area contributed by atoms with E-state index in [0.29, 0.717) is 19.3 Å². The molecule has 1 heterocycles. The van der Waals surface area contributed by atoms with Crippen molar-refractivity contribution < 1.29 is 58.2 Å². The van der Waals surface area contributed by atoms with Crippen LogP contribution in [0.4, 0.5) is 0 Å². The van der Waals surface area contributed by atoms with E-state index in [1.165, 1.54) is 83.5 Å². The molecule has 0 saturated carbocycles. The van der Waals surface area contributed by atoms with Crippen molar-refractivity contribution in [1.29, 1.82) is 0 Å². The maximum Gasteiger partial charge on any atom is 0.335 e. The molecule has 0 aliphatic carbocycles. The van der Waals surface area contributed by atoms with Crippen LogP contribution in [0.5, 0.6) is 0 Å². The number of ether oxygens (including phenoxy) is 5. The summed E-state index contributed by atoms with van der Waals surface area (Å²) in [5, 5.41) is 31.5. The Kier molecular flexibility index (Phi) is 47.4. The number of carbonyl (C=O) groups is 4. The Balaban J connectivity index is 2.68. The van der Waals surface area contributed by atoms with Crippen molar-refractivity contribution in [3.05, 3.63) is 60.8 Å². The minimum absolute atomic E-state index is 0.0605. The number of hydrogen-bond acceptors (Lipinski definition) is 11. The second-order valence-electron chi connectivity index (χ2n) is 20.6. The van der Waals surface area contributed by atoms with Crippen LogP contribution in [0.15, 0.2) is 60.8 Å². The van der Waals surface area contributed by atoms with Crippen molar-refractivity contribution in [1.82, 2.24) is 0 Å². The number of carboxylic acid groups (broad SMARTS) is 1. The zero-order chi connectivity index (χ0) is 54.7. The third-order valence-electron chi connectivity index (χ3n) is 13.6. The van der Waals surface area contributed by atoms with Crippen molar-refractivity contribution >= 4 is 23.9 Å². The second kappa shape index (κ2) is 51.2. The van der Waals surface area contributed by atoms with Crippen LogP contribution in [0.1, 0.15) is 265 Å². The predicted molar refractivity (Wildman–Crippen MR) is 303 cm³/mol. The Morgan fingerprint density at radius 2 is 0.840 bits per heavy atom. The highest BCUT2D eigenvalue weighted by Gasteiger charge is 2.50. The van der Waals surface area contributed by atoms with Gasteiger partial charge >= 0.3 is 23.9 Å². The number of esters is 3. The third-order valence-corrected chi connectivity index (χ3v) is 13.6. The van der Waals surface area contributed by atoms with Gasteiger partial charge in [-0.15, -0.1) is 0 Å². The normalized spacial score (nSPS) is 18.5. The summed E-state index contributed by atoms with van der Waals surface area (Å²) in [4.78, 5) is 51.1. The van der Waals surface area contributed by atoms with Crippen molar-refractivity contribution in [3.63, 3.8) is 0 Å². The van der Waals surface area contributed by atoms with Crippen molar-refractivity contribution in [3.8, 4) is 0 Å². The summed E-state index contributed by atoms with van der Waals surface area (Å²) in [6.07, 6.45) is 50.4. The van der Waals surface area contributed by atoms with E-state index >= 15 is 0 Å². The monoisotopic (exact) mass is 1060 g/mol. The first-order valence-corrected chi connectivity index (χ1v) is 30.3.